The Morgan fingerprint density at radius 3 is 2.40 bits per heavy atom. The van der Waals surface area contributed by atoms with Crippen molar-refractivity contribution in [2.24, 2.45) is 11.8 Å². The number of halogens is 3. The lowest BCUT2D eigenvalue weighted by Gasteiger charge is -2.47. The molecule has 3 fully saturated rings. The number of piperidine rings is 1. The summed E-state index contributed by atoms with van der Waals surface area (Å²) in [6.45, 7) is 12.7. The van der Waals surface area contributed by atoms with Crippen molar-refractivity contribution in [2.75, 3.05) is 63.8 Å². The monoisotopic (exact) mass is 494 g/mol. The van der Waals surface area contributed by atoms with E-state index >= 15 is 0 Å². The molecule has 3 saturated heterocycles. The molecule has 1 aromatic rings. The van der Waals surface area contributed by atoms with Gasteiger partial charge in [-0.3, -0.25) is 9.69 Å². The van der Waals surface area contributed by atoms with Gasteiger partial charge in [-0.2, -0.15) is 13.2 Å². The first-order valence-electron chi connectivity index (χ1n) is 13.4. The maximum absolute atomic E-state index is 13.2. The standard InChI is InChI=1S/C27H41F3N4O/c1-21(2)19-31-13-10-25(22(20-31)8-9-26(35)34-11-3-4-12-34)33-16-14-32(15-17-33)24-7-5-6-23(18-24)27(28,29)30/h5-7,18,21-22,25H,3-4,8-17,19-20H2,1-2H3/t22-,25+/m1/s1. The second-order valence-corrected chi connectivity index (χ2v) is 11.0. The van der Waals surface area contributed by atoms with Crippen LogP contribution in [-0.2, 0) is 11.0 Å². The summed E-state index contributed by atoms with van der Waals surface area (Å²) in [7, 11) is 0. The van der Waals surface area contributed by atoms with Gasteiger partial charge in [0.25, 0.3) is 0 Å². The summed E-state index contributed by atoms with van der Waals surface area (Å²) in [5.41, 5.74) is 0.0664. The first-order valence-corrected chi connectivity index (χ1v) is 13.4. The van der Waals surface area contributed by atoms with E-state index in [2.05, 4.69) is 28.5 Å². The summed E-state index contributed by atoms with van der Waals surface area (Å²) in [4.78, 5) is 21.9. The molecular formula is C27H41F3N4O. The Bertz CT molecular complexity index is 832. The fourth-order valence-corrected chi connectivity index (χ4v) is 6.17. The highest BCUT2D eigenvalue weighted by Crippen LogP contribution is 2.33. The van der Waals surface area contributed by atoms with Gasteiger partial charge >= 0.3 is 6.18 Å². The number of amides is 1. The summed E-state index contributed by atoms with van der Waals surface area (Å²) in [6, 6.07) is 6.13. The maximum atomic E-state index is 13.2. The van der Waals surface area contributed by atoms with Gasteiger partial charge in [0.2, 0.25) is 5.91 Å². The van der Waals surface area contributed by atoms with Crippen LogP contribution in [0.15, 0.2) is 24.3 Å². The topological polar surface area (TPSA) is 30.0 Å². The minimum absolute atomic E-state index is 0.302. The van der Waals surface area contributed by atoms with Crippen molar-refractivity contribution in [3.05, 3.63) is 29.8 Å². The van der Waals surface area contributed by atoms with E-state index in [1.807, 2.05) is 4.90 Å². The number of piperazine rings is 1. The first-order chi connectivity index (χ1) is 16.7. The highest BCUT2D eigenvalue weighted by molar-refractivity contribution is 5.76. The normalized spacial score (nSPS) is 25.0. The van der Waals surface area contributed by atoms with Gasteiger partial charge in [-0.15, -0.1) is 0 Å². The molecule has 3 aliphatic rings. The molecule has 8 heteroatoms. The molecule has 0 aliphatic carbocycles. The smallest absolute Gasteiger partial charge is 0.369 e. The van der Waals surface area contributed by atoms with Crippen LogP contribution in [0.5, 0.6) is 0 Å². The molecule has 1 amide bonds. The molecule has 0 radical (unpaired) electrons. The fraction of sp³-hybridized carbons (Fsp3) is 0.741. The predicted octanol–water partition coefficient (Wildman–Crippen LogP) is 4.58. The molecule has 0 bridgehead atoms. The van der Waals surface area contributed by atoms with Crippen LogP contribution in [0.3, 0.4) is 0 Å². The number of hydrogen-bond acceptors (Lipinski definition) is 4. The second kappa shape index (κ2) is 11.5. The van der Waals surface area contributed by atoms with Crippen molar-refractivity contribution in [2.45, 2.75) is 58.2 Å². The van der Waals surface area contributed by atoms with Crippen LogP contribution < -0.4 is 4.90 Å². The van der Waals surface area contributed by atoms with Crippen LogP contribution in [0.2, 0.25) is 0 Å². The van der Waals surface area contributed by atoms with Crippen molar-refractivity contribution in [3.63, 3.8) is 0 Å². The molecular weight excluding hydrogens is 453 g/mol. The van der Waals surface area contributed by atoms with Gasteiger partial charge in [0.1, 0.15) is 0 Å². The SMILES string of the molecule is CC(C)CN1CC[C@H](N2CCN(c3cccc(C(F)(F)F)c3)CC2)[C@H](CCC(=O)N2CCCC2)C1. The zero-order valence-corrected chi connectivity index (χ0v) is 21.3. The van der Waals surface area contributed by atoms with Crippen molar-refractivity contribution >= 4 is 11.6 Å². The summed E-state index contributed by atoms with van der Waals surface area (Å²) < 4.78 is 39.5. The number of anilines is 1. The van der Waals surface area contributed by atoms with E-state index in [1.165, 1.54) is 12.1 Å². The second-order valence-electron chi connectivity index (χ2n) is 11.0. The highest BCUT2D eigenvalue weighted by Gasteiger charge is 2.36. The van der Waals surface area contributed by atoms with Crippen LogP contribution in [0, 0.1) is 11.8 Å². The number of rotatable bonds is 7. The van der Waals surface area contributed by atoms with Crippen LogP contribution in [-0.4, -0.2) is 85.6 Å². The van der Waals surface area contributed by atoms with E-state index in [4.69, 9.17) is 0 Å². The molecule has 1 aromatic carbocycles. The molecule has 0 saturated carbocycles. The molecule has 3 aliphatic heterocycles. The van der Waals surface area contributed by atoms with Crippen molar-refractivity contribution < 1.29 is 18.0 Å². The Labute approximate surface area is 208 Å². The number of benzene rings is 1. The van der Waals surface area contributed by atoms with Gasteiger partial charge in [-0.1, -0.05) is 19.9 Å². The zero-order valence-electron chi connectivity index (χ0n) is 21.3. The van der Waals surface area contributed by atoms with Crippen LogP contribution in [0.1, 0.15) is 51.5 Å². The fourth-order valence-electron chi connectivity index (χ4n) is 6.17. The Morgan fingerprint density at radius 1 is 1.03 bits per heavy atom. The minimum Gasteiger partial charge on any atom is -0.369 e. The average Bonchev–Trinajstić information content (AvgIpc) is 3.37. The van der Waals surface area contributed by atoms with Crippen LogP contribution in [0.4, 0.5) is 18.9 Å². The molecule has 196 valence electrons. The summed E-state index contributed by atoms with van der Waals surface area (Å²) in [5.74, 6) is 1.38. The Morgan fingerprint density at radius 2 is 1.74 bits per heavy atom. The van der Waals surface area contributed by atoms with E-state index in [-0.39, 0.29) is 0 Å². The molecule has 0 unspecified atom stereocenters. The van der Waals surface area contributed by atoms with Gasteiger partial charge < -0.3 is 14.7 Å². The molecule has 2 atom stereocenters. The molecule has 4 rings (SSSR count). The molecule has 5 nitrogen and oxygen atoms in total. The van der Waals surface area contributed by atoms with E-state index in [9.17, 15) is 18.0 Å². The number of likely N-dealkylation sites (tertiary alicyclic amines) is 2. The quantitative estimate of drug-likeness (QED) is 0.555. The largest absolute Gasteiger partial charge is 0.416 e. The van der Waals surface area contributed by atoms with Gasteiger partial charge in [0, 0.05) is 70.5 Å². The Balaban J connectivity index is 1.37. The number of carbonyl (C=O) groups is 1. The van der Waals surface area contributed by atoms with Crippen LogP contribution in [0.25, 0.3) is 0 Å². The lowest BCUT2D eigenvalue weighted by atomic mass is 9.86. The third-order valence-corrected chi connectivity index (χ3v) is 7.91. The zero-order chi connectivity index (χ0) is 25.0. The molecule has 0 N–H and O–H groups in total. The Kier molecular flexibility index (Phi) is 8.63. The van der Waals surface area contributed by atoms with Gasteiger partial charge in [0.05, 0.1) is 5.56 Å². The van der Waals surface area contributed by atoms with Gasteiger partial charge in [-0.05, 0) is 62.3 Å². The maximum Gasteiger partial charge on any atom is 0.416 e. The van der Waals surface area contributed by atoms with Crippen molar-refractivity contribution in [3.8, 4) is 0 Å². The van der Waals surface area contributed by atoms with Gasteiger partial charge in [0.15, 0.2) is 0 Å². The third kappa shape index (κ3) is 6.91. The molecule has 0 spiro atoms. The summed E-state index contributed by atoms with van der Waals surface area (Å²) >= 11 is 0. The van der Waals surface area contributed by atoms with Gasteiger partial charge in [-0.25, -0.2) is 0 Å². The first kappa shape index (κ1) is 26.3. The molecule has 3 heterocycles. The highest BCUT2D eigenvalue weighted by atomic mass is 19.4. The number of hydrogen-bond donors (Lipinski definition) is 0. The summed E-state index contributed by atoms with van der Waals surface area (Å²) in [5, 5.41) is 0. The van der Waals surface area contributed by atoms with E-state index in [1.54, 1.807) is 6.07 Å². The number of carbonyl (C=O) groups excluding carboxylic acids is 1. The van der Waals surface area contributed by atoms with Crippen molar-refractivity contribution in [1.82, 2.24) is 14.7 Å². The minimum atomic E-state index is -4.32. The molecule has 35 heavy (non-hydrogen) atoms. The van der Waals surface area contributed by atoms with E-state index in [0.29, 0.717) is 35.9 Å². The van der Waals surface area contributed by atoms with Crippen molar-refractivity contribution in [1.29, 1.82) is 0 Å². The summed E-state index contributed by atoms with van der Waals surface area (Å²) in [6.07, 6.45) is 0.565. The number of nitrogens with zero attached hydrogens (tertiary/aromatic N) is 4. The lowest BCUT2D eigenvalue weighted by Crippen LogP contribution is -2.57. The van der Waals surface area contributed by atoms with E-state index in [0.717, 1.165) is 90.7 Å². The van der Waals surface area contributed by atoms with Crippen LogP contribution >= 0.6 is 0 Å². The Hall–Kier alpha value is -1.80. The molecule has 0 aromatic heterocycles. The third-order valence-electron chi connectivity index (χ3n) is 7.91. The predicted molar refractivity (Wildman–Crippen MR) is 133 cm³/mol. The average molecular weight is 495 g/mol. The van der Waals surface area contributed by atoms with E-state index < -0.39 is 11.7 Å². The number of alkyl halides is 3. The lowest BCUT2D eigenvalue weighted by molar-refractivity contribution is -0.137.